The van der Waals surface area contributed by atoms with Gasteiger partial charge in [-0.25, -0.2) is 4.79 Å². The molecule has 2 fully saturated rings. The van der Waals surface area contributed by atoms with Gasteiger partial charge < -0.3 is 10.6 Å². The van der Waals surface area contributed by atoms with Gasteiger partial charge in [0.25, 0.3) is 5.91 Å². The smallest absolute Gasteiger partial charge is 0.325 e. The number of nitrogens with one attached hydrogen (secondary N) is 2. The van der Waals surface area contributed by atoms with E-state index in [2.05, 4.69) is 10.6 Å². The molecule has 0 bridgehead atoms. The molecule has 6 heteroatoms. The summed E-state index contributed by atoms with van der Waals surface area (Å²) in [5.41, 5.74) is 0.662. The van der Waals surface area contributed by atoms with Gasteiger partial charge in [0.1, 0.15) is 12.1 Å². The molecule has 4 amide bonds. The van der Waals surface area contributed by atoms with Crippen LogP contribution in [0.5, 0.6) is 0 Å². The largest absolute Gasteiger partial charge is 0.352 e. The summed E-state index contributed by atoms with van der Waals surface area (Å²) < 4.78 is 0. The van der Waals surface area contributed by atoms with Gasteiger partial charge in [-0.05, 0) is 32.3 Å². The van der Waals surface area contributed by atoms with Gasteiger partial charge in [0.2, 0.25) is 5.91 Å². The van der Waals surface area contributed by atoms with Crippen molar-refractivity contribution >= 4 is 17.8 Å². The number of imide groups is 1. The Balaban J connectivity index is 1.66. The topological polar surface area (TPSA) is 78.5 Å². The van der Waals surface area contributed by atoms with Crippen LogP contribution < -0.4 is 10.6 Å². The third-order valence-electron chi connectivity index (χ3n) is 5.43. The van der Waals surface area contributed by atoms with Crippen molar-refractivity contribution in [1.82, 2.24) is 15.5 Å². The molecule has 2 aliphatic rings. The molecular formula is C20H27N3O3. The van der Waals surface area contributed by atoms with Crippen LogP contribution in [0.4, 0.5) is 4.79 Å². The van der Waals surface area contributed by atoms with Gasteiger partial charge in [0, 0.05) is 6.04 Å². The van der Waals surface area contributed by atoms with E-state index in [0.29, 0.717) is 5.56 Å². The van der Waals surface area contributed by atoms with Crippen LogP contribution in [0, 0.1) is 6.92 Å². The van der Waals surface area contributed by atoms with Crippen LogP contribution in [0.15, 0.2) is 24.3 Å². The number of benzene rings is 1. The summed E-state index contributed by atoms with van der Waals surface area (Å²) in [5.74, 6) is -0.657. The van der Waals surface area contributed by atoms with E-state index in [9.17, 15) is 14.4 Å². The lowest BCUT2D eigenvalue weighted by molar-refractivity contribution is -0.135. The first kappa shape index (κ1) is 18.4. The van der Waals surface area contributed by atoms with Crippen LogP contribution in [0.1, 0.15) is 56.6 Å². The molecule has 1 aliphatic heterocycles. The van der Waals surface area contributed by atoms with Crippen molar-refractivity contribution in [2.45, 2.75) is 64.0 Å². The minimum absolute atomic E-state index is 0.147. The number of nitrogens with zero attached hydrogens (tertiary/aromatic N) is 1. The Morgan fingerprint density at radius 2 is 1.77 bits per heavy atom. The Morgan fingerprint density at radius 3 is 2.38 bits per heavy atom. The summed E-state index contributed by atoms with van der Waals surface area (Å²) >= 11 is 0. The van der Waals surface area contributed by atoms with Crippen LogP contribution in [-0.4, -0.2) is 35.3 Å². The Labute approximate surface area is 154 Å². The second-order valence-corrected chi connectivity index (χ2v) is 7.57. The van der Waals surface area contributed by atoms with E-state index >= 15 is 0 Å². The number of hydrogen-bond acceptors (Lipinski definition) is 3. The SMILES string of the molecule is Cc1ccc([C@@]2(C)NC(=O)N(CC(=O)NC3CCCCCC3)C2=O)cc1. The number of amides is 4. The number of aryl methyl sites for hydroxylation is 1. The maximum absolute atomic E-state index is 12.9. The molecule has 2 N–H and O–H groups in total. The monoisotopic (exact) mass is 357 g/mol. The summed E-state index contributed by atoms with van der Waals surface area (Å²) in [4.78, 5) is 38.6. The Hall–Kier alpha value is -2.37. The molecule has 1 aromatic rings. The fourth-order valence-electron chi connectivity index (χ4n) is 3.76. The zero-order valence-electron chi connectivity index (χ0n) is 15.5. The minimum atomic E-state index is -1.13. The first-order valence-corrected chi connectivity index (χ1v) is 9.41. The molecule has 0 aromatic heterocycles. The zero-order chi connectivity index (χ0) is 18.7. The lowest BCUT2D eigenvalue weighted by atomic mass is 9.91. The van der Waals surface area contributed by atoms with E-state index in [1.165, 1.54) is 12.8 Å². The van der Waals surface area contributed by atoms with E-state index in [0.717, 1.165) is 36.1 Å². The van der Waals surface area contributed by atoms with Gasteiger partial charge in [-0.1, -0.05) is 55.5 Å². The zero-order valence-corrected chi connectivity index (χ0v) is 15.5. The maximum atomic E-state index is 12.9. The van der Waals surface area contributed by atoms with Crippen LogP contribution >= 0.6 is 0 Å². The molecule has 1 saturated carbocycles. The predicted molar refractivity (Wildman–Crippen MR) is 98.4 cm³/mol. The summed E-state index contributed by atoms with van der Waals surface area (Å²) in [6, 6.07) is 7.11. The first-order chi connectivity index (χ1) is 12.4. The van der Waals surface area contributed by atoms with Crippen molar-refractivity contribution in [2.75, 3.05) is 6.54 Å². The molecule has 6 nitrogen and oxygen atoms in total. The maximum Gasteiger partial charge on any atom is 0.325 e. The van der Waals surface area contributed by atoms with Gasteiger partial charge >= 0.3 is 6.03 Å². The Bertz CT molecular complexity index is 693. The lowest BCUT2D eigenvalue weighted by Gasteiger charge is -2.23. The molecule has 0 spiro atoms. The molecule has 0 unspecified atom stereocenters. The average molecular weight is 357 g/mol. The highest BCUT2D eigenvalue weighted by Gasteiger charge is 2.49. The molecule has 140 valence electrons. The summed E-state index contributed by atoms with van der Waals surface area (Å²) in [6.45, 7) is 3.41. The van der Waals surface area contributed by atoms with Crippen molar-refractivity contribution in [3.05, 3.63) is 35.4 Å². The van der Waals surface area contributed by atoms with Gasteiger partial charge in [-0.2, -0.15) is 0 Å². The summed E-state index contributed by atoms with van der Waals surface area (Å²) in [6.07, 6.45) is 6.56. The Kier molecular flexibility index (Phi) is 5.30. The third kappa shape index (κ3) is 3.74. The molecule has 0 radical (unpaired) electrons. The van der Waals surface area contributed by atoms with Crippen molar-refractivity contribution < 1.29 is 14.4 Å². The predicted octanol–water partition coefficient (Wildman–Crippen LogP) is 2.60. The van der Waals surface area contributed by atoms with Crippen molar-refractivity contribution in [2.24, 2.45) is 0 Å². The number of rotatable bonds is 4. The molecular weight excluding hydrogens is 330 g/mol. The van der Waals surface area contributed by atoms with Crippen molar-refractivity contribution in [3.8, 4) is 0 Å². The highest BCUT2D eigenvalue weighted by Crippen LogP contribution is 2.29. The van der Waals surface area contributed by atoms with Gasteiger partial charge in [-0.15, -0.1) is 0 Å². The summed E-state index contributed by atoms with van der Waals surface area (Å²) in [5, 5.41) is 5.73. The molecule has 1 aliphatic carbocycles. The fraction of sp³-hybridized carbons (Fsp3) is 0.550. The van der Waals surface area contributed by atoms with E-state index in [1.54, 1.807) is 6.92 Å². The van der Waals surface area contributed by atoms with Gasteiger partial charge in [-0.3, -0.25) is 14.5 Å². The number of carbonyl (C=O) groups is 3. The van der Waals surface area contributed by atoms with Crippen molar-refractivity contribution in [3.63, 3.8) is 0 Å². The minimum Gasteiger partial charge on any atom is -0.352 e. The lowest BCUT2D eigenvalue weighted by Crippen LogP contribution is -2.45. The quantitative estimate of drug-likeness (QED) is 0.642. The van der Waals surface area contributed by atoms with Crippen molar-refractivity contribution in [1.29, 1.82) is 0 Å². The first-order valence-electron chi connectivity index (χ1n) is 9.41. The fourth-order valence-corrected chi connectivity index (χ4v) is 3.76. The number of carbonyl (C=O) groups excluding carboxylic acids is 3. The van der Waals surface area contributed by atoms with Gasteiger partial charge in [0.15, 0.2) is 0 Å². The molecule has 3 rings (SSSR count). The average Bonchev–Trinajstić information content (AvgIpc) is 2.79. The highest BCUT2D eigenvalue weighted by atomic mass is 16.2. The van der Waals surface area contributed by atoms with E-state index in [1.807, 2.05) is 31.2 Å². The summed E-state index contributed by atoms with van der Waals surface area (Å²) in [7, 11) is 0. The molecule has 1 atom stereocenters. The molecule has 1 saturated heterocycles. The van der Waals surface area contributed by atoms with E-state index < -0.39 is 11.6 Å². The molecule has 1 aromatic carbocycles. The second kappa shape index (κ2) is 7.48. The molecule has 1 heterocycles. The second-order valence-electron chi connectivity index (χ2n) is 7.57. The van der Waals surface area contributed by atoms with Crippen LogP contribution in [0.2, 0.25) is 0 Å². The van der Waals surface area contributed by atoms with Crippen LogP contribution in [-0.2, 0) is 15.1 Å². The highest BCUT2D eigenvalue weighted by molar-refractivity contribution is 6.09. The molecule has 26 heavy (non-hydrogen) atoms. The normalized spacial score (nSPS) is 24.3. The van der Waals surface area contributed by atoms with E-state index in [-0.39, 0.29) is 24.4 Å². The standard InChI is InChI=1S/C20H27N3O3/c1-14-9-11-15(12-10-14)20(2)18(25)23(19(26)22-20)13-17(24)21-16-7-5-3-4-6-8-16/h9-12,16H,3-8,13H2,1-2H3,(H,21,24)(H,22,26)/t20-/m1/s1. The van der Waals surface area contributed by atoms with Gasteiger partial charge in [0.05, 0.1) is 0 Å². The number of hydrogen-bond donors (Lipinski definition) is 2. The number of urea groups is 1. The van der Waals surface area contributed by atoms with Crippen LogP contribution in [0.3, 0.4) is 0 Å². The van der Waals surface area contributed by atoms with E-state index in [4.69, 9.17) is 0 Å². The Morgan fingerprint density at radius 1 is 1.15 bits per heavy atom. The third-order valence-corrected chi connectivity index (χ3v) is 5.43. The van der Waals surface area contributed by atoms with Crippen LogP contribution in [0.25, 0.3) is 0 Å².